The molecule has 0 radical (unpaired) electrons. The number of hydrogen-bond donors (Lipinski definition) is 0. The summed E-state index contributed by atoms with van der Waals surface area (Å²) in [4.78, 5) is 26.2. The van der Waals surface area contributed by atoms with E-state index in [1.54, 1.807) is 36.1 Å². The standard InChI is InChI=1S/C22H21Cl2NO4S2/c1-2-28-20(26)6-4-3-5-11-25-21(27)19(31-22(25)30)13-15-8-10-18(29-15)14-7-9-16(23)17(24)12-14/h7-10,12-13H,2-6,11H2,1H3/b19-13-. The van der Waals surface area contributed by atoms with Crippen molar-refractivity contribution in [3.63, 3.8) is 0 Å². The topological polar surface area (TPSA) is 59.8 Å². The minimum absolute atomic E-state index is 0.132. The summed E-state index contributed by atoms with van der Waals surface area (Å²) in [5.41, 5.74) is 0.796. The Balaban J connectivity index is 1.57. The average Bonchev–Trinajstić information content (AvgIpc) is 3.30. The van der Waals surface area contributed by atoms with Crippen molar-refractivity contribution in [3.8, 4) is 11.3 Å². The fourth-order valence-corrected chi connectivity index (χ4v) is 4.59. The Labute approximate surface area is 200 Å². The van der Waals surface area contributed by atoms with E-state index in [1.807, 2.05) is 12.1 Å². The number of amides is 1. The van der Waals surface area contributed by atoms with Crippen LogP contribution < -0.4 is 0 Å². The second-order valence-electron chi connectivity index (χ2n) is 6.78. The number of benzene rings is 1. The molecule has 1 amide bonds. The normalized spacial score (nSPS) is 15.2. The van der Waals surface area contributed by atoms with E-state index in [4.69, 9.17) is 44.6 Å². The molecule has 0 N–H and O–H groups in total. The van der Waals surface area contributed by atoms with E-state index < -0.39 is 0 Å². The van der Waals surface area contributed by atoms with Gasteiger partial charge in [-0.3, -0.25) is 14.5 Å². The first-order valence-corrected chi connectivity index (χ1v) is 11.8. The number of unbranched alkanes of at least 4 members (excludes halogenated alkanes) is 2. The lowest BCUT2D eigenvalue weighted by Crippen LogP contribution is -2.29. The molecule has 0 spiro atoms. The first-order chi connectivity index (χ1) is 14.9. The van der Waals surface area contributed by atoms with E-state index in [-0.39, 0.29) is 11.9 Å². The molecule has 9 heteroatoms. The van der Waals surface area contributed by atoms with Crippen molar-refractivity contribution >= 4 is 69.5 Å². The van der Waals surface area contributed by atoms with Crippen LogP contribution in [0.5, 0.6) is 0 Å². The zero-order valence-corrected chi connectivity index (χ0v) is 20.0. The first-order valence-electron chi connectivity index (χ1n) is 9.85. The Morgan fingerprint density at radius 2 is 2.00 bits per heavy atom. The lowest BCUT2D eigenvalue weighted by molar-refractivity contribution is -0.143. The minimum atomic E-state index is -0.185. The summed E-state index contributed by atoms with van der Waals surface area (Å²) in [7, 11) is 0. The summed E-state index contributed by atoms with van der Waals surface area (Å²) >= 11 is 18.7. The second kappa shape index (κ2) is 11.2. The van der Waals surface area contributed by atoms with E-state index in [0.29, 0.717) is 50.4 Å². The molecule has 2 heterocycles. The van der Waals surface area contributed by atoms with Gasteiger partial charge < -0.3 is 9.15 Å². The van der Waals surface area contributed by atoms with Gasteiger partial charge in [0.15, 0.2) is 0 Å². The number of ether oxygens (including phenoxy) is 1. The highest BCUT2D eigenvalue weighted by atomic mass is 35.5. The zero-order valence-electron chi connectivity index (χ0n) is 16.9. The van der Waals surface area contributed by atoms with Crippen LogP contribution >= 0.6 is 47.2 Å². The maximum Gasteiger partial charge on any atom is 0.305 e. The molecular formula is C22H21Cl2NO4S2. The number of halogens is 2. The van der Waals surface area contributed by atoms with Crippen molar-refractivity contribution in [1.29, 1.82) is 0 Å². The van der Waals surface area contributed by atoms with Crippen LogP contribution in [0.3, 0.4) is 0 Å². The summed E-state index contributed by atoms with van der Waals surface area (Å²) in [6.45, 7) is 2.71. The molecular weight excluding hydrogens is 477 g/mol. The molecule has 5 nitrogen and oxygen atoms in total. The molecule has 164 valence electrons. The molecule has 1 fully saturated rings. The maximum atomic E-state index is 12.7. The summed E-state index contributed by atoms with van der Waals surface area (Å²) in [5.74, 6) is 0.862. The Morgan fingerprint density at radius 1 is 1.19 bits per heavy atom. The van der Waals surface area contributed by atoms with Gasteiger partial charge in [0.25, 0.3) is 5.91 Å². The highest BCUT2D eigenvalue weighted by molar-refractivity contribution is 8.26. The van der Waals surface area contributed by atoms with Crippen molar-refractivity contribution in [3.05, 3.63) is 51.0 Å². The molecule has 0 unspecified atom stereocenters. The number of furan rings is 1. The van der Waals surface area contributed by atoms with Gasteiger partial charge in [0.05, 0.1) is 21.6 Å². The third-order valence-corrected chi connectivity index (χ3v) is 6.66. The molecule has 1 aliphatic rings. The van der Waals surface area contributed by atoms with Crippen LogP contribution in [0.2, 0.25) is 10.0 Å². The number of nitrogens with zero attached hydrogens (tertiary/aromatic N) is 1. The fourth-order valence-electron chi connectivity index (χ4n) is 3.01. The van der Waals surface area contributed by atoms with Gasteiger partial charge in [0.1, 0.15) is 15.8 Å². The number of esters is 1. The third kappa shape index (κ3) is 6.35. The smallest absolute Gasteiger partial charge is 0.305 e. The van der Waals surface area contributed by atoms with E-state index in [0.717, 1.165) is 24.8 Å². The van der Waals surface area contributed by atoms with Gasteiger partial charge in [-0.25, -0.2) is 0 Å². The molecule has 1 aromatic heterocycles. The molecule has 31 heavy (non-hydrogen) atoms. The molecule has 0 aliphatic carbocycles. The molecule has 1 aromatic carbocycles. The number of carbonyl (C=O) groups is 2. The lowest BCUT2D eigenvalue weighted by Gasteiger charge is -2.13. The van der Waals surface area contributed by atoms with E-state index in [1.165, 1.54) is 11.8 Å². The molecule has 1 saturated heterocycles. The van der Waals surface area contributed by atoms with Crippen LogP contribution in [0.1, 0.15) is 38.4 Å². The summed E-state index contributed by atoms with van der Waals surface area (Å²) in [6.07, 6.45) is 4.40. The number of rotatable bonds is 9. The number of thiocarbonyl (C=S) groups is 1. The predicted molar refractivity (Wildman–Crippen MR) is 129 cm³/mol. The predicted octanol–water partition coefficient (Wildman–Crippen LogP) is 6.58. The summed E-state index contributed by atoms with van der Waals surface area (Å²) in [5, 5.41) is 0.919. The van der Waals surface area contributed by atoms with Crippen molar-refractivity contribution < 1.29 is 18.7 Å². The average molecular weight is 498 g/mol. The van der Waals surface area contributed by atoms with Crippen molar-refractivity contribution in [2.75, 3.05) is 13.2 Å². The van der Waals surface area contributed by atoms with Crippen molar-refractivity contribution in [2.45, 2.75) is 32.6 Å². The SMILES string of the molecule is CCOC(=O)CCCCCN1C(=O)/C(=C/c2ccc(-c3ccc(Cl)c(Cl)c3)o2)SC1=S. The fraction of sp³-hybridized carbons (Fsp3) is 0.318. The highest BCUT2D eigenvalue weighted by Crippen LogP contribution is 2.34. The maximum absolute atomic E-state index is 12.7. The second-order valence-corrected chi connectivity index (χ2v) is 9.27. The summed E-state index contributed by atoms with van der Waals surface area (Å²) < 4.78 is 11.3. The zero-order chi connectivity index (χ0) is 22.4. The largest absolute Gasteiger partial charge is 0.466 e. The van der Waals surface area contributed by atoms with Gasteiger partial charge in [-0.05, 0) is 50.1 Å². The number of thioether (sulfide) groups is 1. The van der Waals surface area contributed by atoms with Gasteiger partial charge in [0, 0.05) is 24.6 Å². The third-order valence-electron chi connectivity index (χ3n) is 4.55. The monoisotopic (exact) mass is 497 g/mol. The van der Waals surface area contributed by atoms with E-state index in [2.05, 4.69) is 0 Å². The van der Waals surface area contributed by atoms with Gasteiger partial charge in [0.2, 0.25) is 0 Å². The van der Waals surface area contributed by atoms with Gasteiger partial charge in [-0.15, -0.1) is 0 Å². The van der Waals surface area contributed by atoms with Crippen LogP contribution in [-0.2, 0) is 14.3 Å². The Hall–Kier alpha value is -1.80. The van der Waals surface area contributed by atoms with Crippen molar-refractivity contribution in [2.24, 2.45) is 0 Å². The van der Waals surface area contributed by atoms with Gasteiger partial charge >= 0.3 is 5.97 Å². The lowest BCUT2D eigenvalue weighted by atomic mass is 10.2. The highest BCUT2D eigenvalue weighted by Gasteiger charge is 2.31. The Morgan fingerprint density at radius 3 is 2.74 bits per heavy atom. The van der Waals surface area contributed by atoms with Gasteiger partial charge in [-0.2, -0.15) is 0 Å². The van der Waals surface area contributed by atoms with E-state index >= 15 is 0 Å². The van der Waals surface area contributed by atoms with Crippen LogP contribution in [0.15, 0.2) is 39.7 Å². The number of hydrogen-bond acceptors (Lipinski definition) is 6. The molecule has 0 saturated carbocycles. The van der Waals surface area contributed by atoms with Crippen LogP contribution in [0.25, 0.3) is 17.4 Å². The van der Waals surface area contributed by atoms with Crippen LogP contribution in [0, 0.1) is 0 Å². The Kier molecular flexibility index (Phi) is 8.60. The Bertz CT molecular complexity index is 1020. The van der Waals surface area contributed by atoms with Crippen molar-refractivity contribution in [1.82, 2.24) is 4.90 Å². The molecule has 0 bridgehead atoms. The van der Waals surface area contributed by atoms with Gasteiger partial charge in [-0.1, -0.05) is 53.6 Å². The molecule has 3 rings (SSSR count). The van der Waals surface area contributed by atoms with E-state index in [9.17, 15) is 9.59 Å². The summed E-state index contributed by atoms with van der Waals surface area (Å²) in [6, 6.07) is 8.86. The van der Waals surface area contributed by atoms with Crippen LogP contribution in [0.4, 0.5) is 0 Å². The minimum Gasteiger partial charge on any atom is -0.466 e. The number of carbonyl (C=O) groups excluding carboxylic acids is 2. The van der Waals surface area contributed by atoms with Crippen LogP contribution in [-0.4, -0.2) is 34.2 Å². The quantitative estimate of drug-likeness (QED) is 0.169. The molecule has 0 atom stereocenters. The first kappa shape index (κ1) is 23.9. The molecule has 2 aromatic rings. The molecule has 1 aliphatic heterocycles.